The largest absolute Gasteiger partial charge is 0.497 e. The molecule has 5 heteroatoms. The van der Waals surface area contributed by atoms with E-state index in [9.17, 15) is 4.79 Å². The van der Waals surface area contributed by atoms with E-state index in [4.69, 9.17) is 9.47 Å². The predicted molar refractivity (Wildman–Crippen MR) is 77.0 cm³/mol. The maximum absolute atomic E-state index is 12.2. The van der Waals surface area contributed by atoms with Crippen LogP contribution in [0, 0.1) is 0 Å². The lowest BCUT2D eigenvalue weighted by molar-refractivity contribution is 0.414. The first kappa shape index (κ1) is 12.3. The fourth-order valence-electron chi connectivity index (χ4n) is 2.22. The lowest BCUT2D eigenvalue weighted by Gasteiger charge is -2.06. The molecule has 0 aliphatic rings. The Morgan fingerprint density at radius 1 is 1.00 bits per heavy atom. The third-order valence-electron chi connectivity index (χ3n) is 3.20. The normalized spacial score (nSPS) is 10.7. The molecule has 20 heavy (non-hydrogen) atoms. The maximum atomic E-state index is 12.2. The van der Waals surface area contributed by atoms with Gasteiger partial charge in [0.25, 0.3) is 0 Å². The zero-order valence-corrected chi connectivity index (χ0v) is 11.2. The Labute approximate surface area is 115 Å². The van der Waals surface area contributed by atoms with Gasteiger partial charge in [-0.3, -0.25) is 4.57 Å². The van der Waals surface area contributed by atoms with Crippen LogP contribution in [0.4, 0.5) is 0 Å². The number of nitrogens with one attached hydrogen (secondary N) is 1. The summed E-state index contributed by atoms with van der Waals surface area (Å²) in [5, 5.41) is 0. The van der Waals surface area contributed by atoms with E-state index in [0.717, 1.165) is 16.7 Å². The summed E-state index contributed by atoms with van der Waals surface area (Å²) in [6.45, 7) is 0. The van der Waals surface area contributed by atoms with E-state index in [2.05, 4.69) is 4.98 Å². The number of benzene rings is 2. The Hall–Kier alpha value is -2.69. The highest BCUT2D eigenvalue weighted by Crippen LogP contribution is 2.22. The van der Waals surface area contributed by atoms with Crippen LogP contribution in [-0.4, -0.2) is 23.8 Å². The number of imidazole rings is 1. The van der Waals surface area contributed by atoms with Crippen LogP contribution in [0.1, 0.15) is 0 Å². The van der Waals surface area contributed by atoms with Crippen molar-refractivity contribution in [3.05, 3.63) is 52.9 Å². The number of methoxy groups -OCH3 is 2. The van der Waals surface area contributed by atoms with Crippen molar-refractivity contribution in [2.45, 2.75) is 0 Å². The van der Waals surface area contributed by atoms with Crippen molar-refractivity contribution in [1.29, 1.82) is 0 Å². The molecule has 1 aromatic heterocycles. The molecular weight excluding hydrogens is 256 g/mol. The molecule has 5 nitrogen and oxygen atoms in total. The van der Waals surface area contributed by atoms with Crippen molar-refractivity contribution in [3.8, 4) is 17.2 Å². The zero-order chi connectivity index (χ0) is 14.1. The minimum Gasteiger partial charge on any atom is -0.497 e. The molecular formula is C15H14N2O3. The van der Waals surface area contributed by atoms with Crippen molar-refractivity contribution >= 4 is 11.0 Å². The van der Waals surface area contributed by atoms with Gasteiger partial charge in [-0.05, 0) is 24.3 Å². The highest BCUT2D eigenvalue weighted by atomic mass is 16.5. The molecule has 3 aromatic rings. The molecule has 0 radical (unpaired) electrons. The number of aromatic nitrogens is 2. The molecule has 3 rings (SSSR count). The Morgan fingerprint density at radius 2 is 1.75 bits per heavy atom. The minimum absolute atomic E-state index is 0.193. The number of fused-ring (bicyclic) bond motifs is 1. The molecule has 0 unspecified atom stereocenters. The van der Waals surface area contributed by atoms with Crippen LogP contribution in [0.3, 0.4) is 0 Å². The molecule has 0 bridgehead atoms. The number of hydrogen-bond acceptors (Lipinski definition) is 3. The molecule has 2 aromatic carbocycles. The van der Waals surface area contributed by atoms with E-state index < -0.39 is 0 Å². The van der Waals surface area contributed by atoms with Crippen LogP contribution in [0.15, 0.2) is 47.3 Å². The molecule has 102 valence electrons. The third kappa shape index (κ3) is 1.93. The van der Waals surface area contributed by atoms with Crippen molar-refractivity contribution in [1.82, 2.24) is 9.55 Å². The quantitative estimate of drug-likeness (QED) is 0.794. The zero-order valence-electron chi connectivity index (χ0n) is 11.2. The first-order valence-electron chi connectivity index (χ1n) is 6.16. The number of H-pyrrole nitrogens is 1. The van der Waals surface area contributed by atoms with Crippen LogP contribution >= 0.6 is 0 Å². The topological polar surface area (TPSA) is 56.2 Å². The molecule has 0 amide bonds. The summed E-state index contributed by atoms with van der Waals surface area (Å²) in [6, 6.07) is 12.8. The van der Waals surface area contributed by atoms with Gasteiger partial charge in [0, 0.05) is 12.1 Å². The monoisotopic (exact) mass is 270 g/mol. The molecule has 1 N–H and O–H groups in total. The van der Waals surface area contributed by atoms with Crippen molar-refractivity contribution in [3.63, 3.8) is 0 Å². The lowest BCUT2D eigenvalue weighted by atomic mass is 10.2. The summed E-state index contributed by atoms with van der Waals surface area (Å²) in [5.41, 5.74) is 2.09. The average molecular weight is 270 g/mol. The van der Waals surface area contributed by atoms with Gasteiger partial charge in [-0.1, -0.05) is 6.07 Å². The fraction of sp³-hybridized carbons (Fsp3) is 0.133. The highest BCUT2D eigenvalue weighted by molar-refractivity contribution is 5.79. The number of ether oxygens (including phenoxy) is 2. The Morgan fingerprint density at radius 3 is 2.50 bits per heavy atom. The molecule has 0 spiro atoms. The van der Waals surface area contributed by atoms with E-state index in [1.807, 2.05) is 36.4 Å². The Kier molecular flexibility index (Phi) is 2.95. The fourth-order valence-corrected chi connectivity index (χ4v) is 2.22. The van der Waals surface area contributed by atoms with Gasteiger partial charge in [0.2, 0.25) is 0 Å². The summed E-state index contributed by atoms with van der Waals surface area (Å²) in [7, 11) is 3.19. The number of nitrogens with zero attached hydrogens (tertiary/aromatic N) is 1. The summed E-state index contributed by atoms with van der Waals surface area (Å²) < 4.78 is 12.0. The second kappa shape index (κ2) is 4.77. The minimum atomic E-state index is -0.193. The molecule has 0 saturated carbocycles. The Bertz CT molecular complexity index is 817. The smallest absolute Gasteiger partial charge is 0.331 e. The van der Waals surface area contributed by atoms with Crippen LogP contribution in [-0.2, 0) is 0 Å². The van der Waals surface area contributed by atoms with Gasteiger partial charge in [-0.15, -0.1) is 0 Å². The van der Waals surface area contributed by atoms with Crippen LogP contribution in [0.25, 0.3) is 16.7 Å². The van der Waals surface area contributed by atoms with E-state index in [0.29, 0.717) is 11.5 Å². The van der Waals surface area contributed by atoms with Crippen molar-refractivity contribution < 1.29 is 9.47 Å². The highest BCUT2D eigenvalue weighted by Gasteiger charge is 2.10. The molecule has 1 heterocycles. The van der Waals surface area contributed by atoms with E-state index in [1.54, 1.807) is 24.9 Å². The summed E-state index contributed by atoms with van der Waals surface area (Å²) >= 11 is 0. The average Bonchev–Trinajstić information content (AvgIpc) is 2.82. The summed E-state index contributed by atoms with van der Waals surface area (Å²) in [4.78, 5) is 15.0. The molecule has 0 fully saturated rings. The van der Waals surface area contributed by atoms with E-state index in [-0.39, 0.29) is 5.69 Å². The molecule has 0 aliphatic carbocycles. The van der Waals surface area contributed by atoms with Gasteiger partial charge >= 0.3 is 5.69 Å². The predicted octanol–water partition coefficient (Wildman–Crippen LogP) is 2.34. The SMILES string of the molecule is COc1cccc(-n2c(=O)[nH]c3cc(OC)ccc32)c1. The van der Waals surface area contributed by atoms with Gasteiger partial charge in [0.15, 0.2) is 0 Å². The van der Waals surface area contributed by atoms with Crippen LogP contribution in [0.2, 0.25) is 0 Å². The van der Waals surface area contributed by atoms with E-state index >= 15 is 0 Å². The van der Waals surface area contributed by atoms with Crippen LogP contribution < -0.4 is 15.2 Å². The molecule has 0 atom stereocenters. The van der Waals surface area contributed by atoms with Gasteiger partial charge in [0.05, 0.1) is 30.9 Å². The van der Waals surface area contributed by atoms with Crippen molar-refractivity contribution in [2.75, 3.05) is 14.2 Å². The summed E-state index contributed by atoms with van der Waals surface area (Å²) in [5.74, 6) is 1.41. The van der Waals surface area contributed by atoms with E-state index in [1.165, 1.54) is 0 Å². The van der Waals surface area contributed by atoms with Gasteiger partial charge in [0.1, 0.15) is 11.5 Å². The second-order valence-electron chi connectivity index (χ2n) is 4.35. The second-order valence-corrected chi connectivity index (χ2v) is 4.35. The standard InChI is InChI=1S/C15H14N2O3/c1-19-11-5-3-4-10(8-11)17-14-7-6-12(20-2)9-13(14)16-15(17)18/h3-9H,1-2H3,(H,16,18). The van der Waals surface area contributed by atoms with Gasteiger partial charge < -0.3 is 14.5 Å². The third-order valence-corrected chi connectivity index (χ3v) is 3.20. The molecule has 0 saturated heterocycles. The number of aromatic amines is 1. The molecule has 0 aliphatic heterocycles. The van der Waals surface area contributed by atoms with Gasteiger partial charge in [-0.2, -0.15) is 0 Å². The first-order valence-corrected chi connectivity index (χ1v) is 6.16. The summed E-state index contributed by atoms with van der Waals surface area (Å²) in [6.07, 6.45) is 0. The Balaban J connectivity index is 2.25. The van der Waals surface area contributed by atoms with Crippen molar-refractivity contribution in [2.24, 2.45) is 0 Å². The number of hydrogen-bond donors (Lipinski definition) is 1. The maximum Gasteiger partial charge on any atom is 0.331 e. The van der Waals surface area contributed by atoms with Crippen LogP contribution in [0.5, 0.6) is 11.5 Å². The number of rotatable bonds is 3. The van der Waals surface area contributed by atoms with Gasteiger partial charge in [-0.25, -0.2) is 4.79 Å². The lowest BCUT2D eigenvalue weighted by Crippen LogP contribution is -2.14. The first-order chi connectivity index (χ1) is 9.72.